The van der Waals surface area contributed by atoms with Crippen molar-refractivity contribution in [2.24, 2.45) is 0 Å². The van der Waals surface area contributed by atoms with Crippen LogP contribution in [0.4, 0.5) is 0 Å². The van der Waals surface area contributed by atoms with E-state index in [1.807, 2.05) is 0 Å². The molecule has 0 radical (unpaired) electrons. The SMILES string of the molecule is C=CC1(Br)C#C1. The molecule has 0 nitrogen and oxygen atoms in total. The van der Waals surface area contributed by atoms with Gasteiger partial charge in [-0.2, -0.15) is 0 Å². The van der Waals surface area contributed by atoms with Gasteiger partial charge in [-0.1, -0.05) is 40.4 Å². The smallest absolute Gasteiger partial charge is 0.0997 e. The van der Waals surface area contributed by atoms with Crippen LogP contribution in [0.1, 0.15) is 0 Å². The van der Waals surface area contributed by atoms with E-state index in [9.17, 15) is 0 Å². The summed E-state index contributed by atoms with van der Waals surface area (Å²) < 4.78 is -0.132. The van der Waals surface area contributed by atoms with Gasteiger partial charge in [0.05, 0.1) is 0 Å². The molecule has 30 valence electrons. The summed E-state index contributed by atoms with van der Waals surface area (Å²) in [5.74, 6) is 5.62. The fourth-order valence-electron chi connectivity index (χ4n) is 0.162. The Morgan fingerprint density at radius 3 is 2.17 bits per heavy atom. The first-order chi connectivity index (χ1) is 2.77. The molecule has 0 spiro atoms. The zero-order valence-corrected chi connectivity index (χ0v) is 4.75. The molecule has 0 aromatic carbocycles. The summed E-state index contributed by atoms with van der Waals surface area (Å²) in [4.78, 5) is 0. The van der Waals surface area contributed by atoms with Crippen LogP contribution in [0.5, 0.6) is 0 Å². The molecule has 1 rings (SSSR count). The molecule has 0 heterocycles. The van der Waals surface area contributed by atoms with Gasteiger partial charge in [-0.05, 0) is 0 Å². The molecule has 1 aliphatic carbocycles. The van der Waals surface area contributed by atoms with Gasteiger partial charge in [-0.15, -0.1) is 0 Å². The van der Waals surface area contributed by atoms with Gasteiger partial charge in [0, 0.05) is 0 Å². The number of hydrogen-bond acceptors (Lipinski definition) is 0. The van der Waals surface area contributed by atoms with Crippen LogP contribution in [0.15, 0.2) is 12.7 Å². The predicted octanol–water partition coefficient (Wildman–Crippen LogP) is 1.32. The average molecular weight is 143 g/mol. The summed E-state index contributed by atoms with van der Waals surface area (Å²) >= 11 is 3.25. The molecular formula is C5H3Br. The molecule has 6 heavy (non-hydrogen) atoms. The standard InChI is InChI=1S/C5H3Br/c1-2-5(6)3-4-5/h2H,1H2. The van der Waals surface area contributed by atoms with Crippen molar-refractivity contribution in [3.05, 3.63) is 12.7 Å². The van der Waals surface area contributed by atoms with Gasteiger partial charge in [0.2, 0.25) is 0 Å². The van der Waals surface area contributed by atoms with Crippen molar-refractivity contribution in [3.8, 4) is 11.8 Å². The van der Waals surface area contributed by atoms with Crippen LogP contribution >= 0.6 is 15.9 Å². The lowest BCUT2D eigenvalue weighted by Gasteiger charge is -1.87. The van der Waals surface area contributed by atoms with E-state index in [1.54, 1.807) is 6.08 Å². The minimum atomic E-state index is -0.132. The highest BCUT2D eigenvalue weighted by molar-refractivity contribution is 9.10. The lowest BCUT2D eigenvalue weighted by Crippen LogP contribution is -1.91. The quantitative estimate of drug-likeness (QED) is 0.295. The van der Waals surface area contributed by atoms with E-state index in [-0.39, 0.29) is 4.32 Å². The Morgan fingerprint density at radius 1 is 1.67 bits per heavy atom. The molecule has 0 bridgehead atoms. The van der Waals surface area contributed by atoms with Crippen LogP contribution in [0.25, 0.3) is 0 Å². The Balaban J connectivity index is 2.53. The zero-order chi connectivity index (χ0) is 4.62. The van der Waals surface area contributed by atoms with E-state index in [1.165, 1.54) is 0 Å². The second kappa shape index (κ2) is 0.886. The van der Waals surface area contributed by atoms with Crippen molar-refractivity contribution in [1.29, 1.82) is 0 Å². The molecule has 0 aromatic heterocycles. The molecule has 0 aromatic rings. The van der Waals surface area contributed by atoms with Gasteiger partial charge < -0.3 is 0 Å². The third-order valence-corrected chi connectivity index (χ3v) is 1.37. The molecule has 0 aliphatic heterocycles. The molecule has 0 N–H and O–H groups in total. The number of alkyl halides is 1. The van der Waals surface area contributed by atoms with E-state index in [4.69, 9.17) is 0 Å². The summed E-state index contributed by atoms with van der Waals surface area (Å²) in [7, 11) is 0. The van der Waals surface area contributed by atoms with Crippen molar-refractivity contribution in [1.82, 2.24) is 0 Å². The summed E-state index contributed by atoms with van der Waals surface area (Å²) in [5, 5.41) is 0. The maximum atomic E-state index is 3.52. The van der Waals surface area contributed by atoms with E-state index in [2.05, 4.69) is 34.3 Å². The Hall–Kier alpha value is -0.220. The molecule has 0 saturated carbocycles. The first kappa shape index (κ1) is 3.95. The number of rotatable bonds is 1. The van der Waals surface area contributed by atoms with E-state index < -0.39 is 0 Å². The maximum absolute atomic E-state index is 3.52. The first-order valence-electron chi connectivity index (χ1n) is 1.64. The summed E-state index contributed by atoms with van der Waals surface area (Å²) in [6.45, 7) is 3.52. The molecular weight excluding hydrogens is 140 g/mol. The zero-order valence-electron chi connectivity index (χ0n) is 3.16. The Labute approximate surface area is 45.4 Å². The van der Waals surface area contributed by atoms with Crippen LogP contribution < -0.4 is 0 Å². The Morgan fingerprint density at radius 2 is 2.17 bits per heavy atom. The molecule has 1 aliphatic rings. The van der Waals surface area contributed by atoms with Crippen LogP contribution in [-0.4, -0.2) is 4.32 Å². The van der Waals surface area contributed by atoms with Gasteiger partial charge in [0.15, 0.2) is 4.32 Å². The summed E-state index contributed by atoms with van der Waals surface area (Å²) in [5.41, 5.74) is 0. The minimum Gasteiger partial charge on any atom is -0.0997 e. The third-order valence-electron chi connectivity index (χ3n) is 0.645. The Kier molecular flexibility index (Phi) is 0.584. The van der Waals surface area contributed by atoms with Gasteiger partial charge in [-0.3, -0.25) is 0 Å². The fourth-order valence-corrected chi connectivity index (χ4v) is 0.261. The fraction of sp³-hybridized carbons (Fsp3) is 0.200. The number of hydrogen-bond donors (Lipinski definition) is 0. The minimum absolute atomic E-state index is 0.132. The topological polar surface area (TPSA) is 0 Å². The highest BCUT2D eigenvalue weighted by Crippen LogP contribution is 2.25. The van der Waals surface area contributed by atoms with Gasteiger partial charge >= 0.3 is 0 Å². The molecule has 1 heteroatoms. The molecule has 0 atom stereocenters. The monoisotopic (exact) mass is 142 g/mol. The van der Waals surface area contributed by atoms with Crippen LogP contribution in [0.3, 0.4) is 0 Å². The first-order valence-corrected chi connectivity index (χ1v) is 2.43. The number of allylic oxidation sites excluding steroid dienone is 1. The molecule has 0 fully saturated rings. The van der Waals surface area contributed by atoms with Crippen molar-refractivity contribution in [3.63, 3.8) is 0 Å². The van der Waals surface area contributed by atoms with E-state index >= 15 is 0 Å². The van der Waals surface area contributed by atoms with E-state index in [0.717, 1.165) is 0 Å². The van der Waals surface area contributed by atoms with Gasteiger partial charge in [0.25, 0.3) is 0 Å². The number of halogens is 1. The normalized spacial score (nSPS) is 20.8. The predicted molar refractivity (Wildman–Crippen MR) is 29.6 cm³/mol. The van der Waals surface area contributed by atoms with Gasteiger partial charge in [0.1, 0.15) is 0 Å². The van der Waals surface area contributed by atoms with Crippen LogP contribution in [0, 0.1) is 11.8 Å². The average Bonchev–Trinajstić information content (AvgIpc) is 2.22. The highest BCUT2D eigenvalue weighted by Gasteiger charge is 2.24. The van der Waals surface area contributed by atoms with Crippen molar-refractivity contribution in [2.75, 3.05) is 0 Å². The van der Waals surface area contributed by atoms with Crippen molar-refractivity contribution in [2.45, 2.75) is 4.32 Å². The van der Waals surface area contributed by atoms with Crippen LogP contribution in [-0.2, 0) is 0 Å². The van der Waals surface area contributed by atoms with Crippen molar-refractivity contribution >= 4 is 15.9 Å². The molecule has 0 saturated heterocycles. The lowest BCUT2D eigenvalue weighted by molar-refractivity contribution is 1.41. The second-order valence-corrected chi connectivity index (χ2v) is 2.42. The summed E-state index contributed by atoms with van der Waals surface area (Å²) in [6, 6.07) is 0. The summed E-state index contributed by atoms with van der Waals surface area (Å²) in [6.07, 6.45) is 1.74. The van der Waals surface area contributed by atoms with Gasteiger partial charge in [-0.25, -0.2) is 0 Å². The maximum Gasteiger partial charge on any atom is 0.164 e. The van der Waals surface area contributed by atoms with Crippen LogP contribution in [0.2, 0.25) is 0 Å². The Bertz CT molecular complexity index is 128. The van der Waals surface area contributed by atoms with E-state index in [0.29, 0.717) is 0 Å². The largest absolute Gasteiger partial charge is 0.164 e. The third kappa shape index (κ3) is 0.483. The van der Waals surface area contributed by atoms with Crippen molar-refractivity contribution < 1.29 is 0 Å². The molecule has 0 unspecified atom stereocenters. The lowest BCUT2D eigenvalue weighted by atomic mass is 10.4. The highest BCUT2D eigenvalue weighted by atomic mass is 79.9. The molecule has 0 amide bonds. The second-order valence-electron chi connectivity index (χ2n) is 1.17.